The molecule has 1 aromatic carbocycles. The van der Waals surface area contributed by atoms with Crippen molar-refractivity contribution in [1.82, 2.24) is 14.3 Å². The maximum absolute atomic E-state index is 12.7. The molecule has 1 fully saturated rings. The summed E-state index contributed by atoms with van der Waals surface area (Å²) in [5, 5.41) is 1.41. The van der Waals surface area contributed by atoms with E-state index in [0.29, 0.717) is 11.7 Å². The Morgan fingerprint density at radius 3 is 2.62 bits per heavy atom. The fraction of sp³-hybridized carbons (Fsp3) is 0.467. The predicted molar refractivity (Wildman–Crippen MR) is 100 cm³/mol. The molecular weight excluding hydrogens is 364 g/mol. The van der Waals surface area contributed by atoms with Crippen molar-refractivity contribution in [1.29, 1.82) is 0 Å². The molecule has 4 rings (SSSR count). The summed E-state index contributed by atoms with van der Waals surface area (Å²) < 4.78 is 31.6. The molecule has 9 heteroatoms. The summed E-state index contributed by atoms with van der Waals surface area (Å²) in [6, 6.07) is 3.86. The molecule has 128 valence electrons. The van der Waals surface area contributed by atoms with Crippen molar-refractivity contribution in [3.05, 3.63) is 17.1 Å². The van der Waals surface area contributed by atoms with Gasteiger partial charge in [-0.25, -0.2) is 14.7 Å². The zero-order valence-corrected chi connectivity index (χ0v) is 15.9. The average molecular weight is 383 g/mol. The third-order valence-electron chi connectivity index (χ3n) is 4.29. The molecule has 1 atom stereocenters. The Morgan fingerprint density at radius 2 is 1.88 bits per heavy atom. The smallest absolute Gasteiger partial charge is 0.246 e. The molecule has 6 nitrogen and oxygen atoms in total. The molecule has 1 unspecified atom stereocenters. The second-order valence-electron chi connectivity index (χ2n) is 6.08. The van der Waals surface area contributed by atoms with Crippen LogP contribution in [0.3, 0.4) is 0 Å². The van der Waals surface area contributed by atoms with Gasteiger partial charge >= 0.3 is 10.2 Å². The molecule has 0 saturated carbocycles. The number of thiazole rings is 2. The molecule has 3 aromatic rings. The van der Waals surface area contributed by atoms with Crippen LogP contribution in [0.1, 0.15) is 31.2 Å². The Morgan fingerprint density at radius 1 is 1.17 bits per heavy atom. The molecule has 0 bridgehead atoms. The van der Waals surface area contributed by atoms with Gasteiger partial charge in [-0.1, -0.05) is 17.8 Å². The van der Waals surface area contributed by atoms with Gasteiger partial charge in [-0.3, -0.25) is 0 Å². The minimum atomic E-state index is -3.56. The fourth-order valence-corrected chi connectivity index (χ4v) is 6.80. The van der Waals surface area contributed by atoms with E-state index in [1.165, 1.54) is 11.3 Å². The zero-order valence-electron chi connectivity index (χ0n) is 13.4. The van der Waals surface area contributed by atoms with Crippen molar-refractivity contribution >= 4 is 58.4 Å². The van der Waals surface area contributed by atoms with Gasteiger partial charge < -0.3 is 0 Å². The molecule has 3 heterocycles. The van der Waals surface area contributed by atoms with Crippen LogP contribution in [-0.4, -0.2) is 35.3 Å². The van der Waals surface area contributed by atoms with E-state index >= 15 is 0 Å². The number of rotatable bonds is 3. The topological polar surface area (TPSA) is 75.2 Å². The average Bonchev–Trinajstić information content (AvgIpc) is 3.08. The quantitative estimate of drug-likeness (QED) is 0.749. The number of hydrogen-bond donors (Lipinski definition) is 1. The molecule has 0 spiro atoms. The third kappa shape index (κ3) is 2.79. The molecule has 0 amide bonds. The van der Waals surface area contributed by atoms with Gasteiger partial charge in [-0.15, -0.1) is 11.3 Å². The van der Waals surface area contributed by atoms with Gasteiger partial charge in [0.05, 0.1) is 25.4 Å². The number of fused-ring (bicyclic) bond motifs is 3. The highest BCUT2D eigenvalue weighted by Crippen LogP contribution is 2.36. The lowest BCUT2D eigenvalue weighted by molar-refractivity contribution is 0.270. The summed E-state index contributed by atoms with van der Waals surface area (Å²) in [6.45, 7) is 4.50. The standard InChI is InChI=1S/C15H18N4O2S3/c1-9-5-3-4-8-19(9)24(20,21)18-15-17-12-7-6-11-13(14(12)23-15)22-10(2)16-11/h6-7,9H,3-5,8H2,1-2H3,(H,17,18). The monoisotopic (exact) mass is 382 g/mol. The first kappa shape index (κ1) is 16.2. The van der Waals surface area contributed by atoms with Crippen molar-refractivity contribution < 1.29 is 8.42 Å². The molecule has 1 N–H and O–H groups in total. The normalized spacial score (nSPS) is 20.0. The lowest BCUT2D eigenvalue weighted by Crippen LogP contribution is -2.44. The Labute approximate surface area is 148 Å². The lowest BCUT2D eigenvalue weighted by Gasteiger charge is -2.31. The molecule has 24 heavy (non-hydrogen) atoms. The molecule has 0 aliphatic carbocycles. The minimum Gasteiger partial charge on any atom is -0.246 e. The van der Waals surface area contributed by atoms with Crippen molar-refractivity contribution in [2.45, 2.75) is 39.2 Å². The summed E-state index contributed by atoms with van der Waals surface area (Å²) >= 11 is 2.99. The van der Waals surface area contributed by atoms with Crippen LogP contribution in [0.25, 0.3) is 20.4 Å². The van der Waals surface area contributed by atoms with E-state index in [2.05, 4.69) is 14.7 Å². The largest absolute Gasteiger partial charge is 0.303 e. The molecule has 1 saturated heterocycles. The lowest BCUT2D eigenvalue weighted by atomic mass is 10.1. The van der Waals surface area contributed by atoms with Crippen LogP contribution in [-0.2, 0) is 10.2 Å². The number of benzene rings is 1. The summed E-state index contributed by atoms with van der Waals surface area (Å²) in [5.41, 5.74) is 1.74. The number of aromatic nitrogens is 2. The van der Waals surface area contributed by atoms with Crippen molar-refractivity contribution in [3.63, 3.8) is 0 Å². The number of nitrogens with one attached hydrogen (secondary N) is 1. The van der Waals surface area contributed by atoms with E-state index in [0.717, 1.165) is 44.7 Å². The second-order valence-corrected chi connectivity index (χ2v) is 9.90. The Bertz CT molecular complexity index is 1010. The highest BCUT2D eigenvalue weighted by molar-refractivity contribution is 7.90. The van der Waals surface area contributed by atoms with Crippen LogP contribution in [0.15, 0.2) is 12.1 Å². The maximum Gasteiger partial charge on any atom is 0.303 e. The van der Waals surface area contributed by atoms with Crippen LogP contribution in [0.5, 0.6) is 0 Å². The van der Waals surface area contributed by atoms with Gasteiger partial charge in [0.25, 0.3) is 0 Å². The highest BCUT2D eigenvalue weighted by Gasteiger charge is 2.30. The Hall–Kier alpha value is -1.29. The number of anilines is 1. The van der Waals surface area contributed by atoms with E-state index < -0.39 is 10.2 Å². The van der Waals surface area contributed by atoms with Gasteiger partial charge in [-0.2, -0.15) is 12.7 Å². The van der Waals surface area contributed by atoms with Gasteiger partial charge in [0, 0.05) is 12.6 Å². The van der Waals surface area contributed by atoms with E-state index in [4.69, 9.17) is 0 Å². The zero-order chi connectivity index (χ0) is 16.9. The molecule has 2 aromatic heterocycles. The predicted octanol–water partition coefficient (Wildman–Crippen LogP) is 3.75. The van der Waals surface area contributed by atoms with Gasteiger partial charge in [0.15, 0.2) is 5.13 Å². The number of nitrogens with zero attached hydrogens (tertiary/aromatic N) is 3. The number of piperidine rings is 1. The minimum absolute atomic E-state index is 0.0291. The van der Waals surface area contributed by atoms with Crippen LogP contribution in [0.4, 0.5) is 5.13 Å². The second kappa shape index (κ2) is 5.91. The highest BCUT2D eigenvalue weighted by atomic mass is 32.2. The summed E-state index contributed by atoms with van der Waals surface area (Å²) in [5.74, 6) is 0. The maximum atomic E-state index is 12.7. The SMILES string of the molecule is Cc1nc2ccc3nc(NS(=O)(=O)N4CCCCC4C)sc3c2s1. The summed E-state index contributed by atoms with van der Waals surface area (Å²) in [6.07, 6.45) is 2.89. The van der Waals surface area contributed by atoms with Crippen molar-refractivity contribution in [2.24, 2.45) is 0 Å². The summed E-state index contributed by atoms with van der Waals surface area (Å²) in [7, 11) is -3.56. The first-order valence-electron chi connectivity index (χ1n) is 7.90. The molecule has 1 aliphatic rings. The third-order valence-corrected chi connectivity index (χ3v) is 8.16. The Balaban J connectivity index is 1.70. The summed E-state index contributed by atoms with van der Waals surface area (Å²) in [4.78, 5) is 8.94. The van der Waals surface area contributed by atoms with Crippen LogP contribution in [0.2, 0.25) is 0 Å². The molecule has 1 aliphatic heterocycles. The van der Waals surface area contributed by atoms with Crippen LogP contribution >= 0.6 is 22.7 Å². The van der Waals surface area contributed by atoms with Crippen molar-refractivity contribution in [2.75, 3.05) is 11.3 Å². The first-order chi connectivity index (χ1) is 11.4. The molecule has 0 radical (unpaired) electrons. The van der Waals surface area contributed by atoms with Crippen LogP contribution < -0.4 is 4.72 Å². The van der Waals surface area contributed by atoms with E-state index in [-0.39, 0.29) is 6.04 Å². The van der Waals surface area contributed by atoms with Crippen molar-refractivity contribution in [3.8, 4) is 0 Å². The van der Waals surface area contributed by atoms with E-state index in [1.807, 2.05) is 26.0 Å². The van der Waals surface area contributed by atoms with E-state index in [1.54, 1.807) is 15.6 Å². The first-order valence-corrected chi connectivity index (χ1v) is 11.0. The number of hydrogen-bond acceptors (Lipinski definition) is 6. The number of aryl methyl sites for hydroxylation is 1. The molecular formula is C15H18N4O2S3. The Kier molecular flexibility index (Phi) is 3.98. The van der Waals surface area contributed by atoms with Gasteiger partial charge in [-0.05, 0) is 38.8 Å². The van der Waals surface area contributed by atoms with E-state index in [9.17, 15) is 8.42 Å². The van der Waals surface area contributed by atoms with Gasteiger partial charge in [0.2, 0.25) is 0 Å². The fourth-order valence-electron chi connectivity index (χ4n) is 3.13. The van der Waals surface area contributed by atoms with Crippen LogP contribution in [0, 0.1) is 6.92 Å². The van der Waals surface area contributed by atoms with Gasteiger partial charge in [0.1, 0.15) is 0 Å².